The molecule has 1 aliphatic heterocycles. The summed E-state index contributed by atoms with van der Waals surface area (Å²) in [5.41, 5.74) is 1.28. The maximum atomic E-state index is 14.0. The van der Waals surface area contributed by atoms with Crippen molar-refractivity contribution in [3.8, 4) is 11.5 Å². The van der Waals surface area contributed by atoms with Gasteiger partial charge in [-0.3, -0.25) is 9.59 Å². The van der Waals surface area contributed by atoms with E-state index in [0.29, 0.717) is 18.8 Å². The summed E-state index contributed by atoms with van der Waals surface area (Å²) in [6.07, 6.45) is 4.21. The zero-order valence-electron chi connectivity index (χ0n) is 20.7. The van der Waals surface area contributed by atoms with Crippen molar-refractivity contribution in [3.05, 3.63) is 59.8 Å². The fraction of sp³-hybridized carbons (Fsp3) is 0.429. The van der Waals surface area contributed by atoms with E-state index in [9.17, 15) is 9.59 Å². The SMILES string of the molecule is CCOc1ccccc1CN1C(=O)c2cc3ccc(OC)cc3n2C[C@@]1(C)C(=O)NC1CCCC1. The molecule has 1 atom stereocenters. The minimum Gasteiger partial charge on any atom is -0.497 e. The molecule has 0 spiro atoms. The minimum absolute atomic E-state index is 0.109. The lowest BCUT2D eigenvalue weighted by Crippen LogP contribution is -2.64. The Labute approximate surface area is 206 Å². The van der Waals surface area contributed by atoms with Gasteiger partial charge in [0.2, 0.25) is 5.91 Å². The van der Waals surface area contributed by atoms with E-state index in [1.54, 1.807) is 12.0 Å². The van der Waals surface area contributed by atoms with E-state index < -0.39 is 5.54 Å². The molecule has 35 heavy (non-hydrogen) atoms. The van der Waals surface area contributed by atoms with Gasteiger partial charge in [0, 0.05) is 23.1 Å². The molecule has 1 saturated carbocycles. The second-order valence-corrected chi connectivity index (χ2v) is 9.70. The highest BCUT2D eigenvalue weighted by atomic mass is 16.5. The standard InChI is InChI=1S/C28H33N3O4/c1-4-35-25-12-8-5-9-20(25)17-31-26(32)24-15-19-13-14-22(34-3)16-23(19)30(24)18-28(31,2)27(33)29-21-10-6-7-11-21/h5,8-9,12-16,21H,4,6-7,10-11,17-18H2,1-3H3,(H,29,33)/t28-/m0/s1. The number of methoxy groups -OCH3 is 1. The summed E-state index contributed by atoms with van der Waals surface area (Å²) in [6, 6.07) is 15.6. The molecule has 1 aromatic heterocycles. The van der Waals surface area contributed by atoms with E-state index >= 15 is 0 Å². The molecule has 3 aromatic rings. The number of para-hydroxylation sites is 1. The van der Waals surface area contributed by atoms with Gasteiger partial charge in [0.25, 0.3) is 5.91 Å². The fourth-order valence-electron chi connectivity index (χ4n) is 5.42. The number of fused-ring (bicyclic) bond motifs is 3. The number of amides is 2. The summed E-state index contributed by atoms with van der Waals surface area (Å²) in [7, 11) is 1.63. The second-order valence-electron chi connectivity index (χ2n) is 9.70. The largest absolute Gasteiger partial charge is 0.497 e. The zero-order chi connectivity index (χ0) is 24.6. The van der Waals surface area contributed by atoms with Crippen LogP contribution in [0.5, 0.6) is 11.5 Å². The molecule has 0 radical (unpaired) electrons. The van der Waals surface area contributed by atoms with Gasteiger partial charge in [0.15, 0.2) is 0 Å². The van der Waals surface area contributed by atoms with Gasteiger partial charge < -0.3 is 24.3 Å². The Hall–Kier alpha value is -3.48. The van der Waals surface area contributed by atoms with Crippen LogP contribution in [0.3, 0.4) is 0 Å². The first-order valence-corrected chi connectivity index (χ1v) is 12.5. The second kappa shape index (κ2) is 9.29. The van der Waals surface area contributed by atoms with Gasteiger partial charge >= 0.3 is 0 Å². The number of benzene rings is 2. The Morgan fingerprint density at radius 2 is 1.91 bits per heavy atom. The lowest BCUT2D eigenvalue weighted by molar-refractivity contribution is -0.133. The Balaban J connectivity index is 1.59. The van der Waals surface area contributed by atoms with E-state index in [4.69, 9.17) is 9.47 Å². The van der Waals surface area contributed by atoms with Crippen LogP contribution in [0.1, 0.15) is 55.6 Å². The minimum atomic E-state index is -1.07. The van der Waals surface area contributed by atoms with Crippen LogP contribution in [0.15, 0.2) is 48.5 Å². The van der Waals surface area contributed by atoms with Gasteiger partial charge in [-0.25, -0.2) is 0 Å². The summed E-state index contributed by atoms with van der Waals surface area (Å²) in [6.45, 7) is 5.00. The quantitative estimate of drug-likeness (QED) is 0.545. The van der Waals surface area contributed by atoms with Crippen LogP contribution in [0.25, 0.3) is 10.9 Å². The van der Waals surface area contributed by atoms with Crippen LogP contribution in [-0.2, 0) is 17.9 Å². The highest BCUT2D eigenvalue weighted by molar-refractivity contribution is 6.03. The molecule has 0 saturated heterocycles. The van der Waals surface area contributed by atoms with Crippen LogP contribution in [0.4, 0.5) is 0 Å². The predicted molar refractivity (Wildman–Crippen MR) is 135 cm³/mol. The van der Waals surface area contributed by atoms with E-state index in [1.807, 2.05) is 66.9 Å². The zero-order valence-corrected chi connectivity index (χ0v) is 20.7. The summed E-state index contributed by atoms with van der Waals surface area (Å²) in [5.74, 6) is 1.18. The molecular weight excluding hydrogens is 442 g/mol. The fourth-order valence-corrected chi connectivity index (χ4v) is 5.42. The van der Waals surface area contributed by atoms with Gasteiger partial charge in [0.1, 0.15) is 22.7 Å². The van der Waals surface area contributed by atoms with Gasteiger partial charge in [-0.1, -0.05) is 31.0 Å². The summed E-state index contributed by atoms with van der Waals surface area (Å²) < 4.78 is 13.2. The highest BCUT2D eigenvalue weighted by Gasteiger charge is 2.48. The summed E-state index contributed by atoms with van der Waals surface area (Å²) in [5, 5.41) is 4.21. The lowest BCUT2D eigenvalue weighted by atomic mass is 9.93. The monoisotopic (exact) mass is 475 g/mol. The van der Waals surface area contributed by atoms with Crippen molar-refractivity contribution >= 4 is 22.7 Å². The van der Waals surface area contributed by atoms with Crippen molar-refractivity contribution in [1.82, 2.24) is 14.8 Å². The Morgan fingerprint density at radius 3 is 2.66 bits per heavy atom. The molecule has 1 fully saturated rings. The van der Waals surface area contributed by atoms with Gasteiger partial charge in [-0.05, 0) is 51.0 Å². The third-order valence-corrected chi connectivity index (χ3v) is 7.42. The Bertz CT molecular complexity index is 1260. The van der Waals surface area contributed by atoms with Crippen molar-refractivity contribution in [1.29, 1.82) is 0 Å². The highest BCUT2D eigenvalue weighted by Crippen LogP contribution is 2.36. The first kappa shape index (κ1) is 23.3. The number of ether oxygens (including phenoxy) is 2. The maximum Gasteiger partial charge on any atom is 0.271 e. The van der Waals surface area contributed by atoms with Crippen molar-refractivity contribution in [2.45, 2.75) is 64.2 Å². The van der Waals surface area contributed by atoms with Crippen LogP contribution < -0.4 is 14.8 Å². The third-order valence-electron chi connectivity index (χ3n) is 7.42. The number of hydrogen-bond acceptors (Lipinski definition) is 4. The molecule has 2 aliphatic rings. The molecule has 7 heteroatoms. The van der Waals surface area contributed by atoms with E-state index in [2.05, 4.69) is 5.32 Å². The number of carbonyl (C=O) groups excluding carboxylic acids is 2. The van der Waals surface area contributed by atoms with E-state index in [1.165, 1.54) is 0 Å². The smallest absolute Gasteiger partial charge is 0.271 e. The first-order valence-electron chi connectivity index (χ1n) is 12.5. The Morgan fingerprint density at radius 1 is 1.14 bits per heavy atom. The number of nitrogens with one attached hydrogen (secondary N) is 1. The molecule has 0 bridgehead atoms. The number of aromatic nitrogens is 1. The molecule has 2 heterocycles. The number of hydrogen-bond donors (Lipinski definition) is 1. The van der Waals surface area contributed by atoms with Gasteiger partial charge in [0.05, 0.1) is 32.3 Å². The first-order chi connectivity index (χ1) is 16.9. The molecule has 1 aliphatic carbocycles. The third kappa shape index (κ3) is 4.13. The molecule has 2 aromatic carbocycles. The van der Waals surface area contributed by atoms with Crippen LogP contribution in [0, 0.1) is 0 Å². The maximum absolute atomic E-state index is 14.0. The predicted octanol–water partition coefficient (Wildman–Crippen LogP) is 4.52. The molecule has 1 N–H and O–H groups in total. The average Bonchev–Trinajstić information content (AvgIpc) is 3.50. The van der Waals surface area contributed by atoms with E-state index in [-0.39, 0.29) is 24.4 Å². The average molecular weight is 476 g/mol. The molecule has 7 nitrogen and oxygen atoms in total. The molecule has 2 amide bonds. The molecule has 0 unspecified atom stereocenters. The lowest BCUT2D eigenvalue weighted by Gasteiger charge is -2.44. The van der Waals surface area contributed by atoms with Crippen molar-refractivity contribution in [3.63, 3.8) is 0 Å². The molecular formula is C28H33N3O4. The molecule has 184 valence electrons. The number of rotatable bonds is 7. The summed E-state index contributed by atoms with van der Waals surface area (Å²) in [4.78, 5) is 29.6. The Kier molecular flexibility index (Phi) is 6.17. The van der Waals surface area contributed by atoms with Crippen LogP contribution in [-0.4, -0.2) is 46.6 Å². The topological polar surface area (TPSA) is 72.8 Å². The molecule has 5 rings (SSSR count). The van der Waals surface area contributed by atoms with E-state index in [0.717, 1.165) is 53.6 Å². The van der Waals surface area contributed by atoms with Crippen molar-refractivity contribution in [2.24, 2.45) is 0 Å². The number of carbonyl (C=O) groups is 2. The van der Waals surface area contributed by atoms with Gasteiger partial charge in [-0.15, -0.1) is 0 Å². The number of nitrogens with zero attached hydrogens (tertiary/aromatic N) is 2. The van der Waals surface area contributed by atoms with Gasteiger partial charge in [-0.2, -0.15) is 0 Å². The normalized spacial score (nSPS) is 20.2. The van der Waals surface area contributed by atoms with Crippen molar-refractivity contribution in [2.75, 3.05) is 13.7 Å². The van der Waals surface area contributed by atoms with Crippen LogP contribution >= 0.6 is 0 Å². The van der Waals surface area contributed by atoms with Crippen molar-refractivity contribution < 1.29 is 19.1 Å². The summed E-state index contributed by atoms with van der Waals surface area (Å²) >= 11 is 0. The van der Waals surface area contributed by atoms with Crippen LogP contribution in [0.2, 0.25) is 0 Å².